The second-order valence-electron chi connectivity index (χ2n) is 4.53. The number of benzene rings is 1. The summed E-state index contributed by atoms with van der Waals surface area (Å²) in [5, 5.41) is 2.64. The zero-order chi connectivity index (χ0) is 14.7. The summed E-state index contributed by atoms with van der Waals surface area (Å²) in [5.41, 5.74) is 1.56. The maximum atomic E-state index is 12.1. The Labute approximate surface area is 148 Å². The van der Waals surface area contributed by atoms with Gasteiger partial charge in [0, 0.05) is 16.7 Å². The van der Waals surface area contributed by atoms with Crippen LogP contribution in [0, 0.1) is 0 Å². The lowest BCUT2D eigenvalue weighted by Gasteiger charge is -2.00. The highest BCUT2D eigenvalue weighted by atomic mass is 79.9. The number of nitrogens with zero attached hydrogens (tertiary/aromatic N) is 2. The number of hydrogen-bond acceptors (Lipinski definition) is 3. The Morgan fingerprint density at radius 2 is 1.95 bits per heavy atom. The molecule has 0 bridgehead atoms. The highest BCUT2D eigenvalue weighted by molar-refractivity contribution is 7.13. The van der Waals surface area contributed by atoms with Gasteiger partial charge in [0.1, 0.15) is 0 Å². The predicted molar refractivity (Wildman–Crippen MR) is 83.5 cm³/mol. The molecule has 0 spiro atoms. The van der Waals surface area contributed by atoms with Crippen molar-refractivity contribution in [3.05, 3.63) is 71.0 Å². The molecule has 0 saturated heterocycles. The van der Waals surface area contributed by atoms with E-state index in [1.54, 1.807) is 46.5 Å². The van der Waals surface area contributed by atoms with Gasteiger partial charge in [-0.2, -0.15) is 0 Å². The summed E-state index contributed by atoms with van der Waals surface area (Å²) in [6.07, 6.45) is 3.55. The van der Waals surface area contributed by atoms with Crippen LogP contribution in [0.15, 0.2) is 60.4 Å². The number of carbonyl (C=O) groups excluding carboxylic acids is 1. The van der Waals surface area contributed by atoms with Gasteiger partial charge in [-0.25, -0.2) is 4.57 Å². The van der Waals surface area contributed by atoms with Gasteiger partial charge in [0.25, 0.3) is 6.33 Å². The molecule has 0 saturated carbocycles. The van der Waals surface area contributed by atoms with Crippen LogP contribution in [0.3, 0.4) is 0 Å². The molecule has 6 heteroatoms. The summed E-state index contributed by atoms with van der Waals surface area (Å²) in [7, 11) is 0. The lowest BCUT2D eigenvalue weighted by molar-refractivity contribution is -0.686. The van der Waals surface area contributed by atoms with Crippen molar-refractivity contribution in [2.24, 2.45) is 0 Å². The Hall–Kier alpha value is -1.56. The summed E-state index contributed by atoms with van der Waals surface area (Å²) < 4.78 is 1.77. The minimum atomic E-state index is 0. The van der Waals surface area contributed by atoms with E-state index in [0.717, 1.165) is 10.6 Å². The van der Waals surface area contributed by atoms with Crippen molar-refractivity contribution in [2.75, 3.05) is 0 Å². The molecule has 3 aromatic rings. The van der Waals surface area contributed by atoms with Gasteiger partial charge in [-0.05, 0) is 40.7 Å². The second-order valence-corrected chi connectivity index (χ2v) is 5.91. The lowest BCUT2D eigenvalue weighted by Crippen LogP contribution is -3.00. The van der Waals surface area contributed by atoms with Gasteiger partial charge in [-0.1, -0.05) is 17.7 Å². The van der Waals surface area contributed by atoms with Crippen molar-refractivity contribution in [1.29, 1.82) is 0 Å². The van der Waals surface area contributed by atoms with Crippen LogP contribution in [0.25, 0.3) is 10.6 Å². The van der Waals surface area contributed by atoms with Crippen LogP contribution in [-0.2, 0) is 6.54 Å². The molecule has 1 aromatic carbocycles. The minimum Gasteiger partial charge on any atom is -1.00 e. The van der Waals surface area contributed by atoms with E-state index in [1.807, 2.05) is 29.8 Å². The Kier molecular flexibility index (Phi) is 5.83. The van der Waals surface area contributed by atoms with Gasteiger partial charge in [0.15, 0.2) is 12.2 Å². The molecule has 0 fully saturated rings. The van der Waals surface area contributed by atoms with Crippen LogP contribution in [0.5, 0.6) is 0 Å². The van der Waals surface area contributed by atoms with E-state index in [1.165, 1.54) is 0 Å². The fourth-order valence-corrected chi connectivity index (χ4v) is 2.77. The maximum Gasteiger partial charge on any atom is 0.287 e. The molecule has 112 valence electrons. The summed E-state index contributed by atoms with van der Waals surface area (Å²) in [4.78, 5) is 17.6. The van der Waals surface area contributed by atoms with Crippen LogP contribution >= 0.6 is 22.9 Å². The summed E-state index contributed by atoms with van der Waals surface area (Å²) >= 11 is 7.46. The average Bonchev–Trinajstić information content (AvgIpc) is 3.03. The highest BCUT2D eigenvalue weighted by Crippen LogP contribution is 2.20. The molecule has 0 aliphatic rings. The van der Waals surface area contributed by atoms with Gasteiger partial charge in [-0.3, -0.25) is 4.79 Å². The van der Waals surface area contributed by atoms with Crippen LogP contribution in [0.2, 0.25) is 5.02 Å². The molecular weight excluding hydrogens is 384 g/mol. The first-order valence-electron chi connectivity index (χ1n) is 6.40. The van der Waals surface area contributed by atoms with Crippen molar-refractivity contribution in [3.63, 3.8) is 0 Å². The molecule has 2 aromatic heterocycles. The van der Waals surface area contributed by atoms with E-state index in [4.69, 9.17) is 11.6 Å². The molecule has 3 nitrogen and oxygen atoms in total. The van der Waals surface area contributed by atoms with E-state index < -0.39 is 0 Å². The first-order valence-corrected chi connectivity index (χ1v) is 7.66. The number of Topliss-reactive ketones (excluding diaryl/α,β-unsaturated/α-hetero) is 1. The molecule has 0 amide bonds. The molecule has 22 heavy (non-hydrogen) atoms. The molecular formula is C16H12BrClN2OS. The largest absolute Gasteiger partial charge is 1.00 e. The third-order valence-corrected chi connectivity index (χ3v) is 4.18. The average molecular weight is 396 g/mol. The number of thiophene rings is 1. The highest BCUT2D eigenvalue weighted by Gasteiger charge is 2.12. The number of aromatic nitrogens is 2. The zero-order valence-electron chi connectivity index (χ0n) is 11.4. The molecule has 0 aliphatic heterocycles. The Balaban J connectivity index is 0.00000176. The number of carbonyl (C=O) groups is 1. The van der Waals surface area contributed by atoms with Crippen molar-refractivity contribution in [3.8, 4) is 10.6 Å². The Morgan fingerprint density at radius 3 is 2.55 bits per heavy atom. The number of rotatable bonds is 4. The third kappa shape index (κ3) is 4.00. The topological polar surface area (TPSA) is 33.8 Å². The fraction of sp³-hybridized carbons (Fsp3) is 0.0625. The maximum absolute atomic E-state index is 12.1. The fourth-order valence-electron chi connectivity index (χ4n) is 1.94. The van der Waals surface area contributed by atoms with E-state index in [0.29, 0.717) is 10.6 Å². The first-order chi connectivity index (χ1) is 10.2. The monoisotopic (exact) mass is 394 g/mol. The van der Waals surface area contributed by atoms with E-state index in [2.05, 4.69) is 4.98 Å². The molecule has 0 N–H and O–H groups in total. The molecule has 0 aliphatic carbocycles. The molecule has 0 unspecified atom stereocenters. The van der Waals surface area contributed by atoms with Gasteiger partial charge in [0.05, 0.1) is 11.1 Å². The van der Waals surface area contributed by atoms with Crippen LogP contribution in [0.1, 0.15) is 10.4 Å². The van der Waals surface area contributed by atoms with E-state index in [9.17, 15) is 4.79 Å². The Morgan fingerprint density at radius 1 is 1.18 bits per heavy atom. The van der Waals surface area contributed by atoms with Crippen LogP contribution < -0.4 is 21.5 Å². The molecule has 3 rings (SSSR count). The van der Waals surface area contributed by atoms with Gasteiger partial charge in [-0.15, -0.1) is 11.3 Å². The summed E-state index contributed by atoms with van der Waals surface area (Å²) in [6.45, 7) is 0.263. The molecule has 2 heterocycles. The summed E-state index contributed by atoms with van der Waals surface area (Å²) in [6, 6.07) is 12.8. The molecule has 0 atom stereocenters. The van der Waals surface area contributed by atoms with Crippen LogP contribution in [0.4, 0.5) is 0 Å². The zero-order valence-corrected chi connectivity index (χ0v) is 14.6. The minimum absolute atomic E-state index is 0. The van der Waals surface area contributed by atoms with Crippen LogP contribution in [-0.4, -0.2) is 10.8 Å². The first kappa shape index (κ1) is 16.8. The summed E-state index contributed by atoms with van der Waals surface area (Å²) in [5.74, 6) is 0.0299. The van der Waals surface area contributed by atoms with Crippen molar-refractivity contribution in [2.45, 2.75) is 6.54 Å². The van der Waals surface area contributed by atoms with E-state index >= 15 is 0 Å². The second kappa shape index (κ2) is 7.63. The standard InChI is InChI=1S/C16H12ClN2OS.BrH/c17-13-5-3-12(4-6-13)15(20)10-19-8-7-14(18-11-19)16-2-1-9-21-16;/h1-9,11H,10H2;1H/q+1;/p-1. The van der Waals surface area contributed by atoms with E-state index in [-0.39, 0.29) is 29.3 Å². The quantitative estimate of drug-likeness (QED) is 0.480. The van der Waals surface area contributed by atoms with Crippen molar-refractivity contribution in [1.82, 2.24) is 4.98 Å². The number of ketones is 1. The molecule has 0 radical (unpaired) electrons. The lowest BCUT2D eigenvalue weighted by atomic mass is 10.1. The number of hydrogen-bond donors (Lipinski definition) is 0. The normalized spacial score (nSPS) is 10.0. The smallest absolute Gasteiger partial charge is 0.287 e. The van der Waals surface area contributed by atoms with Gasteiger partial charge < -0.3 is 17.0 Å². The third-order valence-electron chi connectivity index (χ3n) is 3.04. The number of halogens is 2. The Bertz CT molecular complexity index is 743. The predicted octanol–water partition coefficient (Wildman–Crippen LogP) is 0.638. The SMILES string of the molecule is O=C(C[n+]1ccc(-c2cccs2)nc1)c1ccc(Cl)cc1.[Br-]. The van der Waals surface area contributed by atoms with Crippen molar-refractivity contribution >= 4 is 28.7 Å². The van der Waals surface area contributed by atoms with Gasteiger partial charge in [0.2, 0.25) is 5.78 Å². The van der Waals surface area contributed by atoms with Gasteiger partial charge >= 0.3 is 0 Å². The van der Waals surface area contributed by atoms with Crippen molar-refractivity contribution < 1.29 is 26.3 Å².